The number of methoxy groups -OCH3 is 1. The molecule has 0 saturated carbocycles. The summed E-state index contributed by atoms with van der Waals surface area (Å²) in [5.41, 5.74) is 1.14. The zero-order valence-electron chi connectivity index (χ0n) is 12.8. The first-order valence-electron chi connectivity index (χ1n) is 7.38. The third kappa shape index (κ3) is 3.24. The Morgan fingerprint density at radius 1 is 1.35 bits per heavy atom. The van der Waals surface area contributed by atoms with E-state index in [1.807, 2.05) is 30.3 Å². The predicted octanol–water partition coefficient (Wildman–Crippen LogP) is 0.675. The van der Waals surface area contributed by atoms with Gasteiger partial charge in [0, 0.05) is 19.0 Å². The second kappa shape index (κ2) is 6.62. The van der Waals surface area contributed by atoms with E-state index in [4.69, 9.17) is 4.74 Å². The molecule has 2 aromatic rings. The highest BCUT2D eigenvalue weighted by atomic mass is 16.5. The molecular weight excluding hydrogens is 296 g/mol. The number of benzene rings is 1. The van der Waals surface area contributed by atoms with Crippen molar-refractivity contribution in [2.24, 2.45) is 0 Å². The largest absolute Gasteiger partial charge is 0.383 e. The monoisotopic (exact) mass is 314 g/mol. The predicted molar refractivity (Wildman–Crippen MR) is 84.2 cm³/mol. The summed E-state index contributed by atoms with van der Waals surface area (Å²) in [7, 11) is 1.61. The molecule has 1 unspecified atom stereocenters. The van der Waals surface area contributed by atoms with Crippen molar-refractivity contribution in [2.75, 3.05) is 25.2 Å². The third-order valence-electron chi connectivity index (χ3n) is 3.70. The zero-order valence-corrected chi connectivity index (χ0v) is 12.8. The molecule has 120 valence electrons. The Hall–Kier alpha value is -2.67. The van der Waals surface area contributed by atoms with Gasteiger partial charge in [-0.25, -0.2) is 0 Å². The standard InChI is InChI=1S/C16H18N4O3/c1-23-10-9-19-8-7-13(18-19)15(21)17-14-11-20(16(14)22)12-5-3-2-4-6-12/h2-8,14H,9-11H2,1H3,(H,17,21). The van der Waals surface area contributed by atoms with Gasteiger partial charge in [0.15, 0.2) is 0 Å². The lowest BCUT2D eigenvalue weighted by atomic mass is 10.1. The summed E-state index contributed by atoms with van der Waals surface area (Å²) in [5.74, 6) is -0.449. The Morgan fingerprint density at radius 3 is 2.83 bits per heavy atom. The van der Waals surface area contributed by atoms with Crippen molar-refractivity contribution < 1.29 is 14.3 Å². The summed E-state index contributed by atoms with van der Waals surface area (Å²) in [5, 5.41) is 6.88. The minimum Gasteiger partial charge on any atom is -0.383 e. The van der Waals surface area contributed by atoms with Crippen LogP contribution >= 0.6 is 0 Å². The number of ether oxygens (including phenoxy) is 1. The van der Waals surface area contributed by atoms with Gasteiger partial charge in [0.05, 0.1) is 19.7 Å². The summed E-state index contributed by atoms with van der Waals surface area (Å²) >= 11 is 0. The molecule has 1 N–H and O–H groups in total. The fraction of sp³-hybridized carbons (Fsp3) is 0.312. The van der Waals surface area contributed by atoms with Gasteiger partial charge >= 0.3 is 0 Å². The summed E-state index contributed by atoms with van der Waals surface area (Å²) in [6, 6.07) is 10.5. The number of hydrogen-bond acceptors (Lipinski definition) is 4. The van der Waals surface area contributed by atoms with Gasteiger partial charge in [-0.2, -0.15) is 5.10 Å². The minimum atomic E-state index is -0.494. The molecule has 1 saturated heterocycles. The molecule has 23 heavy (non-hydrogen) atoms. The number of rotatable bonds is 6. The second-order valence-corrected chi connectivity index (χ2v) is 5.27. The molecular formula is C16H18N4O3. The van der Waals surface area contributed by atoms with Gasteiger partial charge in [-0.05, 0) is 18.2 Å². The average molecular weight is 314 g/mol. The van der Waals surface area contributed by atoms with Crippen molar-refractivity contribution in [1.82, 2.24) is 15.1 Å². The molecule has 7 heteroatoms. The van der Waals surface area contributed by atoms with Gasteiger partial charge in [-0.1, -0.05) is 18.2 Å². The third-order valence-corrected chi connectivity index (χ3v) is 3.70. The summed E-state index contributed by atoms with van der Waals surface area (Å²) in [4.78, 5) is 25.9. The fourth-order valence-corrected chi connectivity index (χ4v) is 2.40. The molecule has 1 fully saturated rings. The summed E-state index contributed by atoms with van der Waals surface area (Å²) < 4.78 is 6.60. The maximum absolute atomic E-state index is 12.1. The maximum Gasteiger partial charge on any atom is 0.272 e. The lowest BCUT2D eigenvalue weighted by Gasteiger charge is -2.38. The van der Waals surface area contributed by atoms with E-state index in [1.54, 1.807) is 29.0 Å². The average Bonchev–Trinajstić information content (AvgIpc) is 3.05. The number of nitrogens with zero attached hydrogens (tertiary/aromatic N) is 3. The first kappa shape index (κ1) is 15.2. The van der Waals surface area contributed by atoms with Gasteiger partial charge in [0.2, 0.25) is 0 Å². The molecule has 2 amide bonds. The number of carbonyl (C=O) groups is 2. The minimum absolute atomic E-state index is 0.108. The lowest BCUT2D eigenvalue weighted by Crippen LogP contribution is -2.64. The first-order chi connectivity index (χ1) is 11.2. The van der Waals surface area contributed by atoms with Crippen molar-refractivity contribution in [1.29, 1.82) is 0 Å². The van der Waals surface area contributed by atoms with Crippen LogP contribution in [0.15, 0.2) is 42.6 Å². The second-order valence-electron chi connectivity index (χ2n) is 5.27. The van der Waals surface area contributed by atoms with Crippen molar-refractivity contribution in [2.45, 2.75) is 12.6 Å². The Bertz CT molecular complexity index is 698. The zero-order chi connectivity index (χ0) is 16.2. The van der Waals surface area contributed by atoms with Crippen LogP contribution in [0, 0.1) is 0 Å². The first-order valence-corrected chi connectivity index (χ1v) is 7.38. The lowest BCUT2D eigenvalue weighted by molar-refractivity contribution is -0.124. The molecule has 0 bridgehead atoms. The molecule has 1 aliphatic rings. The SMILES string of the molecule is COCCn1ccc(C(=O)NC2CN(c3ccccc3)C2=O)n1. The Kier molecular flexibility index (Phi) is 4.38. The molecule has 1 aromatic heterocycles. The topological polar surface area (TPSA) is 76.5 Å². The number of anilines is 1. The van der Waals surface area contributed by atoms with Crippen molar-refractivity contribution in [3.63, 3.8) is 0 Å². The van der Waals surface area contributed by atoms with Crippen LogP contribution in [-0.4, -0.2) is 47.9 Å². The number of nitrogens with one attached hydrogen (secondary N) is 1. The summed E-state index contributed by atoms with van der Waals surface area (Å²) in [6.07, 6.45) is 1.72. The van der Waals surface area contributed by atoms with Crippen LogP contribution in [0.2, 0.25) is 0 Å². The molecule has 1 aromatic carbocycles. The van der Waals surface area contributed by atoms with Crippen LogP contribution in [0.25, 0.3) is 0 Å². The van der Waals surface area contributed by atoms with Crippen LogP contribution < -0.4 is 10.2 Å². The highest BCUT2D eigenvalue weighted by molar-refractivity contribution is 6.07. The van der Waals surface area contributed by atoms with Gasteiger partial charge in [0.25, 0.3) is 11.8 Å². The van der Waals surface area contributed by atoms with Crippen LogP contribution in [0.4, 0.5) is 5.69 Å². The van der Waals surface area contributed by atoms with E-state index < -0.39 is 6.04 Å². The van der Waals surface area contributed by atoms with Gasteiger partial charge in [0.1, 0.15) is 11.7 Å². The van der Waals surface area contributed by atoms with Crippen LogP contribution in [-0.2, 0) is 16.1 Å². The van der Waals surface area contributed by atoms with Crippen molar-refractivity contribution in [3.8, 4) is 0 Å². The van der Waals surface area contributed by atoms with E-state index in [9.17, 15) is 9.59 Å². The van der Waals surface area contributed by atoms with Gasteiger partial charge in [-0.15, -0.1) is 0 Å². The molecule has 0 radical (unpaired) electrons. The van der Waals surface area contributed by atoms with Crippen molar-refractivity contribution >= 4 is 17.5 Å². The normalized spacial score (nSPS) is 17.0. The maximum atomic E-state index is 12.1. The smallest absolute Gasteiger partial charge is 0.272 e. The number of amides is 2. The van der Waals surface area contributed by atoms with E-state index in [1.165, 1.54) is 0 Å². The summed E-state index contributed by atoms with van der Waals surface area (Å²) in [6.45, 7) is 1.57. The van der Waals surface area contributed by atoms with Crippen LogP contribution in [0.3, 0.4) is 0 Å². The molecule has 3 rings (SSSR count). The molecule has 7 nitrogen and oxygen atoms in total. The van der Waals surface area contributed by atoms with Crippen LogP contribution in [0.5, 0.6) is 0 Å². The van der Waals surface area contributed by atoms with E-state index in [-0.39, 0.29) is 11.8 Å². The molecule has 2 heterocycles. The van der Waals surface area contributed by atoms with Crippen molar-refractivity contribution in [3.05, 3.63) is 48.3 Å². The van der Waals surface area contributed by atoms with E-state index in [0.29, 0.717) is 25.4 Å². The molecule has 0 aliphatic carbocycles. The Labute approximate surface area is 133 Å². The Morgan fingerprint density at radius 2 is 2.13 bits per heavy atom. The number of para-hydroxylation sites is 1. The highest BCUT2D eigenvalue weighted by Crippen LogP contribution is 2.21. The molecule has 0 spiro atoms. The fourth-order valence-electron chi connectivity index (χ4n) is 2.40. The number of hydrogen-bond donors (Lipinski definition) is 1. The quantitative estimate of drug-likeness (QED) is 0.795. The number of β-lactam (4-membered cyclic amide) rings is 1. The highest BCUT2D eigenvalue weighted by Gasteiger charge is 2.38. The van der Waals surface area contributed by atoms with E-state index in [2.05, 4.69) is 10.4 Å². The Balaban J connectivity index is 1.55. The molecule has 1 atom stereocenters. The van der Waals surface area contributed by atoms with Gasteiger partial charge in [-0.3, -0.25) is 14.3 Å². The van der Waals surface area contributed by atoms with E-state index >= 15 is 0 Å². The molecule has 1 aliphatic heterocycles. The van der Waals surface area contributed by atoms with Crippen LogP contribution in [0.1, 0.15) is 10.5 Å². The number of carbonyl (C=O) groups excluding carboxylic acids is 2. The van der Waals surface area contributed by atoms with E-state index in [0.717, 1.165) is 5.69 Å². The number of aromatic nitrogens is 2. The van der Waals surface area contributed by atoms with Gasteiger partial charge < -0.3 is 15.0 Å².